The van der Waals surface area contributed by atoms with Gasteiger partial charge in [-0.25, -0.2) is 0 Å². The third-order valence-electron chi connectivity index (χ3n) is 3.45. The van der Waals surface area contributed by atoms with Gasteiger partial charge >= 0.3 is 0 Å². The van der Waals surface area contributed by atoms with Crippen molar-refractivity contribution in [1.29, 1.82) is 0 Å². The van der Waals surface area contributed by atoms with Crippen LogP contribution in [0.15, 0.2) is 0 Å². The van der Waals surface area contributed by atoms with Crippen LogP contribution in [0.2, 0.25) is 0 Å². The van der Waals surface area contributed by atoms with Gasteiger partial charge in [0, 0.05) is 17.9 Å². The molecule has 0 aromatic carbocycles. The molecule has 0 amide bonds. The molecular weight excluding hydrogens is 240 g/mol. The highest BCUT2D eigenvalue weighted by molar-refractivity contribution is 9.09. The van der Waals surface area contributed by atoms with Crippen LogP contribution < -0.4 is 0 Å². The summed E-state index contributed by atoms with van der Waals surface area (Å²) < 4.78 is 0. The van der Waals surface area contributed by atoms with E-state index in [1.165, 1.54) is 65.0 Å². The van der Waals surface area contributed by atoms with Gasteiger partial charge in [0.1, 0.15) is 0 Å². The van der Waals surface area contributed by atoms with Crippen LogP contribution in [-0.4, -0.2) is 53.9 Å². The van der Waals surface area contributed by atoms with E-state index in [1.807, 2.05) is 0 Å². The van der Waals surface area contributed by atoms with Crippen LogP contribution in [0.1, 0.15) is 25.7 Å². The average Bonchev–Trinajstić information content (AvgIpc) is 2.70. The van der Waals surface area contributed by atoms with Crippen LogP contribution in [0.5, 0.6) is 0 Å². The zero-order valence-electron chi connectivity index (χ0n) is 8.92. The lowest BCUT2D eigenvalue weighted by Gasteiger charge is -2.30. The Bertz CT molecular complexity index is 161. The van der Waals surface area contributed by atoms with Crippen LogP contribution >= 0.6 is 15.9 Å². The van der Waals surface area contributed by atoms with Crippen molar-refractivity contribution in [3.63, 3.8) is 0 Å². The number of hydrogen-bond donors (Lipinski definition) is 0. The zero-order chi connectivity index (χ0) is 9.80. The van der Waals surface area contributed by atoms with Crippen molar-refractivity contribution in [3.05, 3.63) is 0 Å². The van der Waals surface area contributed by atoms with Crippen molar-refractivity contribution >= 4 is 15.9 Å². The van der Waals surface area contributed by atoms with E-state index in [4.69, 9.17) is 0 Å². The standard InChI is InChI=1S/C11H21BrN2/c12-11-3-7-14(8-4-11)10-9-13-5-1-2-6-13/h11H,1-10H2. The zero-order valence-corrected chi connectivity index (χ0v) is 10.5. The van der Waals surface area contributed by atoms with Crippen molar-refractivity contribution in [1.82, 2.24) is 9.80 Å². The first kappa shape index (κ1) is 10.9. The Kier molecular flexibility index (Phi) is 4.26. The van der Waals surface area contributed by atoms with Gasteiger partial charge in [-0.05, 0) is 51.9 Å². The summed E-state index contributed by atoms with van der Waals surface area (Å²) >= 11 is 3.70. The molecule has 2 aliphatic rings. The van der Waals surface area contributed by atoms with E-state index in [2.05, 4.69) is 25.7 Å². The Balaban J connectivity index is 1.60. The Morgan fingerprint density at radius 1 is 0.857 bits per heavy atom. The summed E-state index contributed by atoms with van der Waals surface area (Å²) in [7, 11) is 0. The summed E-state index contributed by atoms with van der Waals surface area (Å²) in [6.45, 7) is 7.87. The summed E-state index contributed by atoms with van der Waals surface area (Å²) in [4.78, 5) is 6.02. The van der Waals surface area contributed by atoms with Crippen LogP contribution in [0, 0.1) is 0 Å². The van der Waals surface area contributed by atoms with Gasteiger partial charge in [0.25, 0.3) is 0 Å². The maximum absolute atomic E-state index is 3.70. The topological polar surface area (TPSA) is 6.48 Å². The minimum atomic E-state index is 0.783. The van der Waals surface area contributed by atoms with Gasteiger partial charge in [-0.3, -0.25) is 0 Å². The lowest BCUT2D eigenvalue weighted by molar-refractivity contribution is 0.200. The van der Waals surface area contributed by atoms with E-state index in [1.54, 1.807) is 0 Å². The lowest BCUT2D eigenvalue weighted by atomic mass is 10.1. The number of nitrogens with zero attached hydrogens (tertiary/aromatic N) is 2. The molecule has 0 aromatic rings. The molecule has 0 N–H and O–H groups in total. The average molecular weight is 261 g/mol. The molecule has 0 spiro atoms. The smallest absolute Gasteiger partial charge is 0.0170 e. The molecule has 0 aliphatic carbocycles. The molecule has 0 saturated carbocycles. The number of halogens is 1. The molecule has 2 nitrogen and oxygen atoms in total. The highest BCUT2D eigenvalue weighted by atomic mass is 79.9. The van der Waals surface area contributed by atoms with Gasteiger partial charge in [-0.15, -0.1) is 0 Å². The third kappa shape index (κ3) is 3.21. The molecule has 2 fully saturated rings. The van der Waals surface area contributed by atoms with Crippen molar-refractivity contribution in [3.8, 4) is 0 Å². The normalized spacial score (nSPS) is 27.2. The predicted molar refractivity (Wildman–Crippen MR) is 64.1 cm³/mol. The van der Waals surface area contributed by atoms with Crippen LogP contribution in [0.4, 0.5) is 0 Å². The maximum Gasteiger partial charge on any atom is 0.0170 e. The molecule has 3 heteroatoms. The molecule has 14 heavy (non-hydrogen) atoms. The van der Waals surface area contributed by atoms with Crippen LogP contribution in [-0.2, 0) is 0 Å². The second-order valence-corrected chi connectivity index (χ2v) is 5.86. The van der Waals surface area contributed by atoms with E-state index < -0.39 is 0 Å². The molecule has 0 bridgehead atoms. The van der Waals surface area contributed by atoms with E-state index in [0.29, 0.717) is 0 Å². The monoisotopic (exact) mass is 260 g/mol. The van der Waals surface area contributed by atoms with Gasteiger partial charge in [0.2, 0.25) is 0 Å². The van der Waals surface area contributed by atoms with E-state index in [9.17, 15) is 0 Å². The Morgan fingerprint density at radius 3 is 1.93 bits per heavy atom. The third-order valence-corrected chi connectivity index (χ3v) is 4.36. The molecule has 0 aromatic heterocycles. The Morgan fingerprint density at radius 2 is 1.36 bits per heavy atom. The molecule has 0 unspecified atom stereocenters. The second-order valence-electron chi connectivity index (χ2n) is 4.57. The molecule has 0 radical (unpaired) electrons. The van der Waals surface area contributed by atoms with Gasteiger partial charge in [0.05, 0.1) is 0 Å². The molecule has 2 aliphatic heterocycles. The van der Waals surface area contributed by atoms with Crippen molar-refractivity contribution < 1.29 is 0 Å². The maximum atomic E-state index is 3.70. The first-order valence-electron chi connectivity index (χ1n) is 5.93. The molecule has 2 heterocycles. The summed E-state index contributed by atoms with van der Waals surface area (Å²) in [6.07, 6.45) is 5.51. The number of alkyl halides is 1. The fourth-order valence-electron chi connectivity index (χ4n) is 2.41. The quantitative estimate of drug-likeness (QED) is 0.716. The number of rotatable bonds is 3. The van der Waals surface area contributed by atoms with E-state index in [0.717, 1.165) is 4.83 Å². The van der Waals surface area contributed by atoms with E-state index >= 15 is 0 Å². The van der Waals surface area contributed by atoms with Crippen molar-refractivity contribution in [2.75, 3.05) is 39.3 Å². The van der Waals surface area contributed by atoms with Gasteiger partial charge in [0.15, 0.2) is 0 Å². The highest BCUT2D eigenvalue weighted by Gasteiger charge is 2.18. The number of likely N-dealkylation sites (tertiary alicyclic amines) is 2. The minimum absolute atomic E-state index is 0.783. The van der Waals surface area contributed by atoms with Crippen LogP contribution in [0.3, 0.4) is 0 Å². The fourth-order valence-corrected chi connectivity index (χ4v) is 2.82. The summed E-state index contributed by atoms with van der Waals surface area (Å²) in [5.41, 5.74) is 0. The van der Waals surface area contributed by atoms with Crippen LogP contribution in [0.25, 0.3) is 0 Å². The Hall–Kier alpha value is 0.400. The molecular formula is C11H21BrN2. The summed E-state index contributed by atoms with van der Waals surface area (Å²) in [5, 5.41) is 0. The largest absolute Gasteiger partial charge is 0.302 e. The van der Waals surface area contributed by atoms with Crippen molar-refractivity contribution in [2.24, 2.45) is 0 Å². The molecule has 2 rings (SSSR count). The highest BCUT2D eigenvalue weighted by Crippen LogP contribution is 2.17. The molecule has 2 saturated heterocycles. The molecule has 0 atom stereocenters. The van der Waals surface area contributed by atoms with Crippen molar-refractivity contribution in [2.45, 2.75) is 30.5 Å². The Labute approximate surface area is 95.8 Å². The number of hydrogen-bond acceptors (Lipinski definition) is 2. The number of piperidine rings is 1. The fraction of sp³-hybridized carbons (Fsp3) is 1.00. The predicted octanol–water partition coefficient (Wildman–Crippen LogP) is 1.94. The summed E-state index contributed by atoms with van der Waals surface area (Å²) in [5.74, 6) is 0. The second kappa shape index (κ2) is 5.47. The first-order valence-corrected chi connectivity index (χ1v) is 6.85. The lowest BCUT2D eigenvalue weighted by Crippen LogP contribution is -2.39. The van der Waals surface area contributed by atoms with Gasteiger partial charge < -0.3 is 9.80 Å². The first-order chi connectivity index (χ1) is 6.84. The molecule has 82 valence electrons. The minimum Gasteiger partial charge on any atom is -0.302 e. The van der Waals surface area contributed by atoms with E-state index in [-0.39, 0.29) is 0 Å². The van der Waals surface area contributed by atoms with Gasteiger partial charge in [-0.2, -0.15) is 0 Å². The summed E-state index contributed by atoms with van der Waals surface area (Å²) in [6, 6.07) is 0. The SMILES string of the molecule is BrC1CCN(CCN2CCCC2)CC1. The van der Waals surface area contributed by atoms with Gasteiger partial charge in [-0.1, -0.05) is 15.9 Å².